The van der Waals surface area contributed by atoms with Crippen LogP contribution in [-0.4, -0.2) is 15.0 Å². The summed E-state index contributed by atoms with van der Waals surface area (Å²) in [6.45, 7) is 0. The van der Waals surface area contributed by atoms with Gasteiger partial charge in [-0.15, -0.1) is 0 Å². The van der Waals surface area contributed by atoms with Gasteiger partial charge in [0, 0.05) is 0 Å². The number of hydrogen-bond donors (Lipinski definition) is 2. The van der Waals surface area contributed by atoms with Gasteiger partial charge in [0.15, 0.2) is 11.0 Å². The Hall–Kier alpha value is -1.21. The summed E-state index contributed by atoms with van der Waals surface area (Å²) in [4.78, 5) is 29.9. The van der Waals surface area contributed by atoms with Gasteiger partial charge >= 0.3 is 5.69 Å². The number of rotatable bonds is 0. The summed E-state index contributed by atoms with van der Waals surface area (Å²) in [5.41, 5.74) is -1.81. The molecular formula is C7H2BrClFN3O2. The molecule has 0 radical (unpaired) electrons. The van der Waals surface area contributed by atoms with Crippen molar-refractivity contribution < 1.29 is 4.39 Å². The van der Waals surface area contributed by atoms with Gasteiger partial charge in [-0.25, -0.2) is 14.2 Å². The zero-order valence-corrected chi connectivity index (χ0v) is 9.24. The van der Waals surface area contributed by atoms with Crippen LogP contribution in [-0.2, 0) is 0 Å². The molecule has 15 heavy (non-hydrogen) atoms. The van der Waals surface area contributed by atoms with Crippen LogP contribution < -0.4 is 11.2 Å². The van der Waals surface area contributed by atoms with Gasteiger partial charge in [-0.2, -0.15) is 0 Å². The number of pyridine rings is 1. The molecule has 2 aromatic heterocycles. The van der Waals surface area contributed by atoms with Gasteiger partial charge in [0.1, 0.15) is 4.60 Å². The maximum absolute atomic E-state index is 13.4. The third-order valence-electron chi connectivity index (χ3n) is 1.75. The van der Waals surface area contributed by atoms with Gasteiger partial charge in [-0.3, -0.25) is 9.78 Å². The Morgan fingerprint density at radius 3 is 2.67 bits per heavy atom. The highest BCUT2D eigenvalue weighted by atomic mass is 79.9. The zero-order chi connectivity index (χ0) is 11.2. The molecule has 2 rings (SSSR count). The van der Waals surface area contributed by atoms with Crippen LogP contribution in [0.15, 0.2) is 14.2 Å². The minimum atomic E-state index is -0.932. The summed E-state index contributed by atoms with van der Waals surface area (Å²) >= 11 is 8.40. The topological polar surface area (TPSA) is 78.6 Å². The van der Waals surface area contributed by atoms with Crippen LogP contribution in [0.5, 0.6) is 0 Å². The molecule has 0 aliphatic heterocycles. The monoisotopic (exact) mass is 293 g/mol. The molecule has 78 valence electrons. The summed E-state index contributed by atoms with van der Waals surface area (Å²) in [6.07, 6.45) is 0. The highest BCUT2D eigenvalue weighted by molar-refractivity contribution is 9.10. The van der Waals surface area contributed by atoms with Crippen molar-refractivity contribution in [2.24, 2.45) is 0 Å². The summed E-state index contributed by atoms with van der Waals surface area (Å²) in [6, 6.07) is 0. The van der Waals surface area contributed by atoms with Gasteiger partial charge in [-0.1, -0.05) is 11.6 Å². The van der Waals surface area contributed by atoms with E-state index < -0.39 is 22.2 Å². The van der Waals surface area contributed by atoms with Crippen LogP contribution in [0, 0.1) is 5.82 Å². The molecule has 2 N–H and O–H groups in total. The quantitative estimate of drug-likeness (QED) is 0.716. The van der Waals surface area contributed by atoms with Crippen molar-refractivity contribution in [3.63, 3.8) is 0 Å². The van der Waals surface area contributed by atoms with Gasteiger partial charge in [0.25, 0.3) is 5.56 Å². The molecule has 0 aromatic carbocycles. The number of aromatic nitrogens is 3. The van der Waals surface area contributed by atoms with E-state index in [9.17, 15) is 14.0 Å². The molecule has 2 heterocycles. The van der Waals surface area contributed by atoms with E-state index in [4.69, 9.17) is 11.6 Å². The van der Waals surface area contributed by atoms with E-state index >= 15 is 0 Å². The van der Waals surface area contributed by atoms with Crippen LogP contribution >= 0.6 is 27.5 Å². The van der Waals surface area contributed by atoms with Crippen molar-refractivity contribution in [3.8, 4) is 0 Å². The van der Waals surface area contributed by atoms with Gasteiger partial charge in [0.2, 0.25) is 0 Å². The molecule has 0 fully saturated rings. The average molecular weight is 294 g/mol. The largest absolute Gasteiger partial charge is 0.326 e. The lowest BCUT2D eigenvalue weighted by Crippen LogP contribution is -2.23. The molecule has 5 nitrogen and oxygen atoms in total. The molecule has 0 aliphatic rings. The van der Waals surface area contributed by atoms with Crippen molar-refractivity contribution in [3.05, 3.63) is 36.4 Å². The number of nitrogens with one attached hydrogen (secondary N) is 2. The van der Waals surface area contributed by atoms with Gasteiger partial charge < -0.3 is 4.98 Å². The van der Waals surface area contributed by atoms with Crippen LogP contribution in [0.1, 0.15) is 0 Å². The molecule has 0 spiro atoms. The highest BCUT2D eigenvalue weighted by Crippen LogP contribution is 2.23. The Balaban J connectivity index is 3.17. The maximum atomic E-state index is 13.4. The first-order valence-electron chi connectivity index (χ1n) is 3.67. The van der Waals surface area contributed by atoms with Crippen molar-refractivity contribution in [2.75, 3.05) is 0 Å². The summed E-state index contributed by atoms with van der Waals surface area (Å²) in [5.74, 6) is -0.932. The fourth-order valence-corrected chi connectivity index (χ4v) is 1.98. The lowest BCUT2D eigenvalue weighted by molar-refractivity contribution is 0.629. The number of hydrogen-bond acceptors (Lipinski definition) is 3. The molecule has 0 bridgehead atoms. The van der Waals surface area contributed by atoms with E-state index in [1.807, 2.05) is 4.98 Å². The van der Waals surface area contributed by atoms with Crippen LogP contribution in [0.25, 0.3) is 10.9 Å². The first-order valence-corrected chi connectivity index (χ1v) is 4.84. The minimum absolute atomic E-state index is 0.0707. The normalized spacial score (nSPS) is 10.9. The predicted octanol–water partition coefficient (Wildman–Crippen LogP) is 1.17. The van der Waals surface area contributed by atoms with E-state index in [-0.39, 0.29) is 15.5 Å². The smallest absolute Gasteiger partial charge is 0.304 e. The Morgan fingerprint density at radius 2 is 2.00 bits per heavy atom. The van der Waals surface area contributed by atoms with E-state index in [2.05, 4.69) is 25.9 Å². The summed E-state index contributed by atoms with van der Waals surface area (Å²) in [7, 11) is 0. The number of H-pyrrole nitrogens is 2. The van der Waals surface area contributed by atoms with Crippen molar-refractivity contribution in [1.29, 1.82) is 0 Å². The second-order valence-corrected chi connectivity index (χ2v) is 3.77. The zero-order valence-electron chi connectivity index (χ0n) is 6.90. The van der Waals surface area contributed by atoms with Crippen LogP contribution in [0.3, 0.4) is 0 Å². The summed E-state index contributed by atoms with van der Waals surface area (Å²) < 4.78 is 13.5. The standard InChI is InChI=1S/C7H2BrClFN3O2/c8-4-1-3(2(10)5(9)12-4)11-7(15)13-6(1)14/h(H2,11,13,14,15). The number of fused-ring (bicyclic) bond motifs is 1. The average Bonchev–Trinajstić information content (AvgIpc) is 2.12. The predicted molar refractivity (Wildman–Crippen MR) is 55.7 cm³/mol. The molecule has 0 saturated carbocycles. The molecule has 0 saturated heterocycles. The second-order valence-electron chi connectivity index (χ2n) is 2.67. The first kappa shape index (κ1) is 10.3. The number of nitrogens with zero attached hydrogens (tertiary/aromatic N) is 1. The molecular weight excluding hydrogens is 292 g/mol. The first-order chi connectivity index (χ1) is 7.00. The molecule has 0 aliphatic carbocycles. The van der Waals surface area contributed by atoms with Crippen LogP contribution in [0.4, 0.5) is 4.39 Å². The fourth-order valence-electron chi connectivity index (χ4n) is 1.14. The van der Waals surface area contributed by atoms with E-state index in [0.717, 1.165) is 0 Å². The molecule has 0 unspecified atom stereocenters. The second kappa shape index (κ2) is 3.42. The Kier molecular flexibility index (Phi) is 2.35. The number of aromatic amines is 2. The minimum Gasteiger partial charge on any atom is -0.304 e. The van der Waals surface area contributed by atoms with Crippen molar-refractivity contribution in [2.45, 2.75) is 0 Å². The molecule has 8 heteroatoms. The van der Waals surface area contributed by atoms with E-state index in [1.165, 1.54) is 0 Å². The Labute approximate surface area is 94.4 Å². The van der Waals surface area contributed by atoms with Crippen LogP contribution in [0.2, 0.25) is 5.15 Å². The van der Waals surface area contributed by atoms with Gasteiger partial charge in [-0.05, 0) is 15.9 Å². The Bertz CT molecular complexity index is 666. The molecule has 0 atom stereocenters. The van der Waals surface area contributed by atoms with Crippen molar-refractivity contribution in [1.82, 2.24) is 15.0 Å². The number of halogens is 3. The summed E-state index contributed by atoms with van der Waals surface area (Å²) in [5, 5.41) is -0.507. The van der Waals surface area contributed by atoms with E-state index in [1.54, 1.807) is 0 Å². The maximum Gasteiger partial charge on any atom is 0.326 e. The fraction of sp³-hybridized carbons (Fsp3) is 0. The molecule has 2 aromatic rings. The Morgan fingerprint density at radius 1 is 1.33 bits per heavy atom. The lowest BCUT2D eigenvalue weighted by Gasteiger charge is -2.01. The van der Waals surface area contributed by atoms with Gasteiger partial charge in [0.05, 0.1) is 10.9 Å². The molecule has 0 amide bonds. The lowest BCUT2D eigenvalue weighted by atomic mass is 10.3. The third-order valence-corrected chi connectivity index (χ3v) is 2.57. The van der Waals surface area contributed by atoms with E-state index in [0.29, 0.717) is 0 Å². The third kappa shape index (κ3) is 1.57. The highest BCUT2D eigenvalue weighted by Gasteiger charge is 2.14. The SMILES string of the molecule is O=c1[nH]c(=O)c2c(Br)nc(Cl)c(F)c2[nH]1. The van der Waals surface area contributed by atoms with Crippen molar-refractivity contribution >= 4 is 38.4 Å².